The predicted molar refractivity (Wildman–Crippen MR) is 137 cm³/mol. The molecule has 0 aliphatic carbocycles. The van der Waals surface area contributed by atoms with Gasteiger partial charge in [-0.2, -0.15) is 4.57 Å². The zero-order valence-electron chi connectivity index (χ0n) is 19.8. The summed E-state index contributed by atoms with van der Waals surface area (Å²) < 4.78 is 7.51. The topological polar surface area (TPSA) is 85.1 Å². The fraction of sp³-hybridized carbons (Fsp3) is 0.192. The van der Waals surface area contributed by atoms with Gasteiger partial charge in [-0.05, 0) is 31.2 Å². The number of aromatic nitrogens is 3. The van der Waals surface area contributed by atoms with Crippen molar-refractivity contribution >= 4 is 41.4 Å². The number of rotatable bonds is 8. The molecule has 0 radical (unpaired) electrons. The van der Waals surface area contributed by atoms with E-state index < -0.39 is 0 Å². The van der Waals surface area contributed by atoms with Gasteiger partial charge in [0.25, 0.3) is 5.91 Å². The maximum atomic E-state index is 12.7. The van der Waals surface area contributed by atoms with Crippen molar-refractivity contribution in [3.05, 3.63) is 105 Å². The number of benzene rings is 2. The maximum Gasteiger partial charge on any atom is 0.338 e. The lowest BCUT2D eigenvalue weighted by atomic mass is 10.2. The van der Waals surface area contributed by atoms with E-state index in [1.807, 2.05) is 48.8 Å². The fourth-order valence-corrected chi connectivity index (χ4v) is 4.39. The number of carbonyl (C=O) groups excluding carboxylic acids is 2. The predicted octanol–water partition coefficient (Wildman–Crippen LogP) is 1.57. The van der Waals surface area contributed by atoms with Gasteiger partial charge in [0.05, 0.1) is 22.6 Å². The minimum Gasteiger partial charge on any atom is -1.00 e. The SMILES string of the molecule is Cc1ncc(C[n+]2csc(CCOC(=O)c3ccccc3)c2C)c(NC(=O)c2ccccc2)n1.Cl.[Cl-]. The van der Waals surface area contributed by atoms with Crippen LogP contribution in [0.15, 0.2) is 72.4 Å². The number of esters is 1. The van der Waals surface area contributed by atoms with Gasteiger partial charge in [0.1, 0.15) is 11.6 Å². The van der Waals surface area contributed by atoms with Crippen LogP contribution in [0.3, 0.4) is 0 Å². The molecule has 2 aromatic heterocycles. The number of halogens is 2. The molecule has 0 unspecified atom stereocenters. The van der Waals surface area contributed by atoms with Crippen LogP contribution < -0.4 is 22.3 Å². The third-order valence-electron chi connectivity index (χ3n) is 5.32. The van der Waals surface area contributed by atoms with Crippen molar-refractivity contribution in [1.82, 2.24) is 9.97 Å². The second-order valence-electron chi connectivity index (χ2n) is 7.72. The average molecular weight is 545 g/mol. The summed E-state index contributed by atoms with van der Waals surface area (Å²) in [6.45, 7) is 4.64. The van der Waals surface area contributed by atoms with E-state index in [4.69, 9.17) is 4.74 Å². The van der Waals surface area contributed by atoms with Crippen molar-refractivity contribution in [1.29, 1.82) is 0 Å². The molecule has 10 heteroatoms. The molecular formula is C26H26Cl2N4O3S. The van der Waals surface area contributed by atoms with Crippen LogP contribution in [0, 0.1) is 13.8 Å². The van der Waals surface area contributed by atoms with E-state index in [1.165, 1.54) is 0 Å². The highest BCUT2D eigenvalue weighted by atomic mass is 35.5. The number of nitrogens with one attached hydrogen (secondary N) is 1. The lowest BCUT2D eigenvalue weighted by molar-refractivity contribution is -0.689. The Hall–Kier alpha value is -3.33. The number of hydrogen-bond acceptors (Lipinski definition) is 6. The maximum absolute atomic E-state index is 12.7. The quantitative estimate of drug-likeness (QED) is 0.269. The standard InChI is InChI=1S/C26H24N4O3S.2ClH/c1-18-23(13-14-33-26(32)21-11-7-4-8-12-21)34-17-30(18)16-22-15-27-19(2)28-24(22)29-25(31)20-9-5-3-6-10-20;;/h3-12,15,17H,13-14,16H2,1-2H3;2*1H. The Morgan fingerprint density at radius 2 is 1.64 bits per heavy atom. The third-order valence-corrected chi connectivity index (χ3v) is 6.47. The molecule has 36 heavy (non-hydrogen) atoms. The molecule has 0 spiro atoms. The van der Waals surface area contributed by atoms with Gasteiger partial charge < -0.3 is 22.5 Å². The van der Waals surface area contributed by atoms with Gasteiger partial charge in [-0.25, -0.2) is 14.8 Å². The van der Waals surface area contributed by atoms with Crippen molar-refractivity contribution in [3.63, 3.8) is 0 Å². The molecule has 1 amide bonds. The number of thiazole rings is 1. The van der Waals surface area contributed by atoms with Crippen LogP contribution in [0.2, 0.25) is 0 Å². The van der Waals surface area contributed by atoms with Gasteiger partial charge in [0.15, 0.2) is 12.2 Å². The zero-order valence-corrected chi connectivity index (χ0v) is 22.2. The molecule has 0 atom stereocenters. The number of nitrogens with zero attached hydrogens (tertiary/aromatic N) is 3. The minimum atomic E-state index is -0.321. The van der Waals surface area contributed by atoms with E-state index in [-0.39, 0.29) is 36.7 Å². The Bertz CT molecular complexity index is 1300. The Balaban J connectivity index is 0.00000228. The van der Waals surface area contributed by atoms with Crippen molar-refractivity contribution < 1.29 is 31.3 Å². The van der Waals surface area contributed by atoms with E-state index in [1.54, 1.807) is 48.7 Å². The number of carbonyl (C=O) groups is 2. The first-order chi connectivity index (χ1) is 16.5. The summed E-state index contributed by atoms with van der Waals surface area (Å²) >= 11 is 1.61. The summed E-state index contributed by atoms with van der Waals surface area (Å²) in [5.74, 6) is 0.545. The summed E-state index contributed by atoms with van der Waals surface area (Å²) in [4.78, 5) is 34.7. The van der Waals surface area contributed by atoms with Crippen molar-refractivity contribution in [2.75, 3.05) is 11.9 Å². The summed E-state index contributed by atoms with van der Waals surface area (Å²) in [6, 6.07) is 18.0. The molecule has 188 valence electrons. The van der Waals surface area contributed by atoms with Crippen molar-refractivity contribution in [3.8, 4) is 0 Å². The average Bonchev–Trinajstić information content (AvgIpc) is 3.20. The van der Waals surface area contributed by atoms with Crippen molar-refractivity contribution in [2.24, 2.45) is 0 Å². The second kappa shape index (κ2) is 13.7. The summed E-state index contributed by atoms with van der Waals surface area (Å²) in [6.07, 6.45) is 2.37. The number of aryl methyl sites for hydroxylation is 1. The highest BCUT2D eigenvalue weighted by Gasteiger charge is 2.20. The van der Waals surface area contributed by atoms with Crippen molar-refractivity contribution in [2.45, 2.75) is 26.8 Å². The molecule has 0 bridgehead atoms. The van der Waals surface area contributed by atoms with E-state index >= 15 is 0 Å². The van der Waals surface area contributed by atoms with Gasteiger partial charge in [-0.15, -0.1) is 12.4 Å². The Morgan fingerprint density at radius 1 is 1.00 bits per heavy atom. The van der Waals surface area contributed by atoms with E-state index in [0.717, 1.165) is 16.1 Å². The fourth-order valence-electron chi connectivity index (χ4n) is 3.41. The first-order valence-electron chi connectivity index (χ1n) is 10.9. The highest BCUT2D eigenvalue weighted by molar-refractivity contribution is 7.09. The highest BCUT2D eigenvalue weighted by Crippen LogP contribution is 2.17. The molecule has 0 saturated carbocycles. The molecular weight excluding hydrogens is 519 g/mol. The van der Waals surface area contributed by atoms with Gasteiger partial charge in [0.2, 0.25) is 5.51 Å². The van der Waals surface area contributed by atoms with Crippen LogP contribution >= 0.6 is 23.7 Å². The molecule has 7 nitrogen and oxygen atoms in total. The first-order valence-corrected chi connectivity index (χ1v) is 11.8. The van der Waals surface area contributed by atoms with Gasteiger partial charge in [0, 0.05) is 25.1 Å². The van der Waals surface area contributed by atoms with Crippen LogP contribution in [-0.4, -0.2) is 28.5 Å². The number of ether oxygens (including phenoxy) is 1. The minimum absolute atomic E-state index is 0. The molecule has 0 aliphatic heterocycles. The number of hydrogen-bond donors (Lipinski definition) is 1. The Labute approximate surface area is 226 Å². The van der Waals surface area contributed by atoms with Gasteiger partial charge >= 0.3 is 5.97 Å². The lowest BCUT2D eigenvalue weighted by Gasteiger charge is -2.09. The normalized spacial score (nSPS) is 10.1. The van der Waals surface area contributed by atoms with Crippen LogP contribution in [-0.2, 0) is 17.7 Å². The smallest absolute Gasteiger partial charge is 0.338 e. The monoisotopic (exact) mass is 544 g/mol. The summed E-state index contributed by atoms with van der Waals surface area (Å²) in [5, 5.41) is 2.92. The third kappa shape index (κ3) is 7.34. The van der Waals surface area contributed by atoms with Crippen LogP contribution in [0.1, 0.15) is 42.7 Å². The van der Waals surface area contributed by atoms with Gasteiger partial charge in [-0.1, -0.05) is 47.7 Å². The largest absolute Gasteiger partial charge is 1.00 e. The van der Waals surface area contributed by atoms with Crippen LogP contribution in [0.25, 0.3) is 0 Å². The molecule has 0 fully saturated rings. The van der Waals surface area contributed by atoms with E-state index in [0.29, 0.717) is 42.3 Å². The molecule has 4 rings (SSSR count). The molecule has 1 N–H and O–H groups in total. The van der Waals surface area contributed by atoms with Gasteiger partial charge in [-0.3, -0.25) is 4.79 Å². The number of anilines is 1. The second-order valence-corrected chi connectivity index (χ2v) is 8.66. The van der Waals surface area contributed by atoms with Crippen LogP contribution in [0.4, 0.5) is 5.82 Å². The Morgan fingerprint density at radius 3 is 2.31 bits per heavy atom. The lowest BCUT2D eigenvalue weighted by Crippen LogP contribution is -3.00. The molecule has 2 heterocycles. The van der Waals surface area contributed by atoms with Crippen LogP contribution in [0.5, 0.6) is 0 Å². The zero-order chi connectivity index (χ0) is 23.9. The van der Waals surface area contributed by atoms with E-state index in [9.17, 15) is 9.59 Å². The Kier molecular flexibility index (Phi) is 11.0. The van der Waals surface area contributed by atoms with E-state index in [2.05, 4.69) is 19.9 Å². The summed E-state index contributed by atoms with van der Waals surface area (Å²) in [5.41, 5.74) is 5.01. The molecule has 4 aromatic rings. The summed E-state index contributed by atoms with van der Waals surface area (Å²) in [7, 11) is 0. The molecule has 0 saturated heterocycles. The molecule has 2 aromatic carbocycles. The first kappa shape index (κ1) is 28.9. The molecule has 0 aliphatic rings. The number of amides is 1.